The van der Waals surface area contributed by atoms with Crippen LogP contribution in [-0.4, -0.2) is 13.5 Å². The van der Waals surface area contributed by atoms with Crippen molar-refractivity contribution in [2.75, 3.05) is 0 Å². The van der Waals surface area contributed by atoms with Crippen LogP contribution in [0.3, 0.4) is 0 Å². The summed E-state index contributed by atoms with van der Waals surface area (Å²) in [7, 11) is -3.86. The number of diazo groups is 1. The molecule has 0 aromatic heterocycles. The minimum Gasteiger partial charge on any atom is -0.505 e. The van der Waals surface area contributed by atoms with Crippen molar-refractivity contribution in [1.82, 2.24) is 4.72 Å². The van der Waals surface area contributed by atoms with E-state index < -0.39 is 16.1 Å². The molecule has 6 nitrogen and oxygen atoms in total. The monoisotopic (exact) mass is 330 g/mol. The van der Waals surface area contributed by atoms with Gasteiger partial charge in [0, 0.05) is 6.92 Å². The second-order valence-corrected chi connectivity index (χ2v) is 6.56. The summed E-state index contributed by atoms with van der Waals surface area (Å²) >= 11 is 0. The first-order valence-electron chi connectivity index (χ1n) is 6.83. The molecule has 2 rings (SSSR count). The number of nitrogens with one attached hydrogen (secondary N) is 1. The molecule has 1 atom stereocenters. The molecule has 0 heterocycles. The molecule has 0 radical (unpaired) electrons. The first kappa shape index (κ1) is 16.7. The van der Waals surface area contributed by atoms with Gasteiger partial charge in [0.1, 0.15) is 0 Å². The number of allylic oxidation sites excluding steroid dienone is 1. The van der Waals surface area contributed by atoms with E-state index in [0.29, 0.717) is 5.56 Å². The maximum absolute atomic E-state index is 12.5. The van der Waals surface area contributed by atoms with Crippen molar-refractivity contribution in [3.8, 4) is 0 Å². The Bertz CT molecular complexity index is 837. The highest BCUT2D eigenvalue weighted by Crippen LogP contribution is 2.27. The van der Waals surface area contributed by atoms with Gasteiger partial charge in [0.2, 0.25) is 15.4 Å². The van der Waals surface area contributed by atoms with Crippen LogP contribution in [-0.2, 0) is 10.0 Å². The van der Waals surface area contributed by atoms with Gasteiger partial charge in [-0.15, -0.1) is 0 Å². The Labute approximate surface area is 134 Å². The fraction of sp³-hybridized carbons (Fsp3) is 0.125. The van der Waals surface area contributed by atoms with E-state index in [-0.39, 0.29) is 16.4 Å². The molecule has 0 saturated carbocycles. The van der Waals surface area contributed by atoms with Crippen LogP contribution in [0.4, 0.5) is 0 Å². The van der Waals surface area contributed by atoms with E-state index in [1.807, 2.05) is 0 Å². The van der Waals surface area contributed by atoms with Crippen LogP contribution in [0.15, 0.2) is 77.0 Å². The molecule has 0 aliphatic rings. The number of hydrogen-bond donors (Lipinski definition) is 2. The van der Waals surface area contributed by atoms with Crippen molar-refractivity contribution in [3.05, 3.63) is 82.7 Å². The lowest BCUT2D eigenvalue weighted by Gasteiger charge is -2.14. The van der Waals surface area contributed by atoms with Crippen molar-refractivity contribution in [1.29, 1.82) is 5.39 Å². The zero-order valence-corrected chi connectivity index (χ0v) is 13.2. The van der Waals surface area contributed by atoms with E-state index in [0.717, 1.165) is 0 Å². The van der Waals surface area contributed by atoms with Crippen molar-refractivity contribution in [2.45, 2.75) is 17.9 Å². The summed E-state index contributed by atoms with van der Waals surface area (Å²) in [5, 5.41) is 18.9. The van der Waals surface area contributed by atoms with Gasteiger partial charge < -0.3 is 5.11 Å². The lowest BCUT2D eigenvalue weighted by molar-refractivity contribution is 0.402. The molecule has 0 spiro atoms. The van der Waals surface area contributed by atoms with Gasteiger partial charge in [-0.3, -0.25) is 0 Å². The van der Waals surface area contributed by atoms with Crippen LogP contribution in [0, 0.1) is 5.39 Å². The van der Waals surface area contributed by atoms with Gasteiger partial charge in [0.05, 0.1) is 4.90 Å². The predicted octanol–water partition coefficient (Wildman–Crippen LogP) is 3.35. The molecule has 118 valence electrons. The van der Waals surface area contributed by atoms with Gasteiger partial charge >= 0.3 is 5.70 Å². The third-order valence-electron chi connectivity index (χ3n) is 3.21. The molecular weight excluding hydrogens is 314 g/mol. The highest BCUT2D eigenvalue weighted by molar-refractivity contribution is 7.89. The smallest absolute Gasteiger partial charge is 0.420 e. The zero-order valence-electron chi connectivity index (χ0n) is 12.4. The third-order valence-corrected chi connectivity index (χ3v) is 4.65. The van der Waals surface area contributed by atoms with Gasteiger partial charge in [-0.25, -0.2) is 8.42 Å². The topological polar surface area (TPSA) is 94.5 Å². The highest BCUT2D eigenvalue weighted by Gasteiger charge is 2.34. The molecule has 0 aliphatic carbocycles. The van der Waals surface area contributed by atoms with Crippen LogP contribution in [0.1, 0.15) is 18.5 Å². The van der Waals surface area contributed by atoms with E-state index in [1.165, 1.54) is 19.1 Å². The van der Waals surface area contributed by atoms with Gasteiger partial charge in [0.15, 0.2) is 16.8 Å². The fourth-order valence-electron chi connectivity index (χ4n) is 2.09. The standard InChI is InChI=1S/C16H15N3O3S/c1-12(20)15(18-17)16(13-8-4-2-5-9-13)19-23(21,22)14-10-6-3-7-11-14/h2-11,16,19H,1H3/p+1/b15-12+. The van der Waals surface area contributed by atoms with Crippen LogP contribution >= 0.6 is 0 Å². The maximum Gasteiger partial charge on any atom is 0.420 e. The minimum absolute atomic E-state index is 0.0776. The molecule has 0 bridgehead atoms. The summed E-state index contributed by atoms with van der Waals surface area (Å²) in [6.07, 6.45) is 0. The second kappa shape index (κ2) is 7.05. The summed E-state index contributed by atoms with van der Waals surface area (Å²) in [6.45, 7) is 1.32. The Morgan fingerprint density at radius 3 is 2.09 bits per heavy atom. The number of sulfonamides is 1. The fourth-order valence-corrected chi connectivity index (χ4v) is 3.30. The largest absolute Gasteiger partial charge is 0.505 e. The zero-order chi connectivity index (χ0) is 16.9. The summed E-state index contributed by atoms with van der Waals surface area (Å²) in [5.74, 6) is -0.280. The second-order valence-electron chi connectivity index (χ2n) is 4.85. The van der Waals surface area contributed by atoms with Crippen LogP contribution in [0.2, 0.25) is 0 Å². The Balaban J connectivity index is 2.49. The van der Waals surface area contributed by atoms with Crippen molar-refractivity contribution in [2.24, 2.45) is 0 Å². The molecule has 1 unspecified atom stereocenters. The molecule has 0 saturated heterocycles. The van der Waals surface area contributed by atoms with Crippen LogP contribution in [0.25, 0.3) is 4.98 Å². The Kier molecular flexibility index (Phi) is 5.11. The summed E-state index contributed by atoms with van der Waals surface area (Å²) in [4.78, 5) is 3.12. The quantitative estimate of drug-likeness (QED) is 0.649. The molecular formula is C16H16N3O3S+. The van der Waals surface area contributed by atoms with Crippen LogP contribution in [0.5, 0.6) is 0 Å². The molecule has 23 heavy (non-hydrogen) atoms. The average molecular weight is 330 g/mol. The first-order chi connectivity index (χ1) is 11.0. The Hall–Kier alpha value is -2.69. The van der Waals surface area contributed by atoms with Crippen molar-refractivity contribution in [3.63, 3.8) is 0 Å². The number of aliphatic hydroxyl groups excluding tert-OH is 1. The highest BCUT2D eigenvalue weighted by atomic mass is 32.2. The number of benzene rings is 2. The minimum atomic E-state index is -3.86. The summed E-state index contributed by atoms with van der Waals surface area (Å²) < 4.78 is 27.5. The van der Waals surface area contributed by atoms with Crippen molar-refractivity contribution >= 4 is 10.0 Å². The number of nitrogens with zero attached hydrogens (tertiary/aromatic N) is 2. The van der Waals surface area contributed by atoms with E-state index in [9.17, 15) is 13.5 Å². The lowest BCUT2D eigenvalue weighted by Crippen LogP contribution is -2.29. The van der Waals surface area contributed by atoms with Gasteiger partial charge in [0.25, 0.3) is 0 Å². The van der Waals surface area contributed by atoms with Gasteiger partial charge in [-0.2, -0.15) is 4.72 Å². The van der Waals surface area contributed by atoms with E-state index in [4.69, 9.17) is 5.39 Å². The molecule has 0 aliphatic heterocycles. The van der Waals surface area contributed by atoms with E-state index >= 15 is 0 Å². The Morgan fingerprint density at radius 1 is 1.09 bits per heavy atom. The molecule has 0 amide bonds. The molecule has 2 N–H and O–H groups in total. The average Bonchev–Trinajstić information content (AvgIpc) is 2.56. The number of aliphatic hydroxyl groups is 1. The number of rotatable bonds is 5. The van der Waals surface area contributed by atoms with Gasteiger partial charge in [-0.05, 0) is 17.7 Å². The summed E-state index contributed by atoms with van der Waals surface area (Å²) in [6, 6.07) is 15.4. The lowest BCUT2D eigenvalue weighted by atomic mass is 10.0. The van der Waals surface area contributed by atoms with E-state index in [2.05, 4.69) is 9.70 Å². The molecule has 2 aromatic carbocycles. The van der Waals surface area contributed by atoms with Crippen LogP contribution < -0.4 is 4.72 Å². The molecule has 2 aromatic rings. The Morgan fingerprint density at radius 2 is 1.61 bits per heavy atom. The first-order valence-corrected chi connectivity index (χ1v) is 8.31. The maximum atomic E-state index is 12.5. The SMILES string of the molecule is C/C(O)=C(\[N+]#N)C(NS(=O)(=O)c1ccccc1)c1ccccc1. The molecule has 0 fully saturated rings. The third kappa shape index (κ3) is 3.94. The van der Waals surface area contributed by atoms with E-state index in [1.54, 1.807) is 48.5 Å². The summed E-state index contributed by atoms with van der Waals surface area (Å²) in [5.41, 5.74) is 0.365. The molecule has 7 heteroatoms. The number of hydrogen-bond acceptors (Lipinski definition) is 4. The normalized spacial score (nSPS) is 13.7. The van der Waals surface area contributed by atoms with Gasteiger partial charge in [-0.1, -0.05) is 48.5 Å². The van der Waals surface area contributed by atoms with Crippen molar-refractivity contribution < 1.29 is 13.5 Å². The predicted molar refractivity (Wildman–Crippen MR) is 86.4 cm³/mol.